The maximum absolute atomic E-state index is 12.2. The van der Waals surface area contributed by atoms with Gasteiger partial charge in [0, 0.05) is 26.2 Å². The van der Waals surface area contributed by atoms with Gasteiger partial charge >= 0.3 is 0 Å². The first-order valence-corrected chi connectivity index (χ1v) is 10.1. The summed E-state index contributed by atoms with van der Waals surface area (Å²) in [6.45, 7) is 4.21. The summed E-state index contributed by atoms with van der Waals surface area (Å²) in [7, 11) is 1.36. The van der Waals surface area contributed by atoms with E-state index in [0.29, 0.717) is 4.90 Å². The average Bonchev–Trinajstić information content (AvgIpc) is 2.62. The van der Waals surface area contributed by atoms with Crippen LogP contribution in [0.25, 0.3) is 0 Å². The van der Waals surface area contributed by atoms with Crippen molar-refractivity contribution in [1.29, 1.82) is 0 Å². The minimum atomic E-state index is -3.39. The number of para-hydroxylation sites is 1. The van der Waals surface area contributed by atoms with Crippen molar-refractivity contribution < 1.29 is 13.2 Å². The standard InChI is InChI=1S/C20H28N2O3S/c1-15(14-18-8-6-7-9-20(18)25-5)21-16(2)17-10-12-19(13-11-17)26(23,24)22(3)4/h6-13,15-16,21H,14H2,1-5H3. The second-order valence-corrected chi connectivity index (χ2v) is 8.81. The topological polar surface area (TPSA) is 58.6 Å². The molecule has 0 amide bonds. The van der Waals surface area contributed by atoms with Gasteiger partial charge in [-0.2, -0.15) is 0 Å². The number of hydrogen-bond acceptors (Lipinski definition) is 4. The maximum Gasteiger partial charge on any atom is 0.242 e. The number of nitrogens with zero attached hydrogens (tertiary/aromatic N) is 1. The first-order chi connectivity index (χ1) is 12.3. The molecule has 0 saturated carbocycles. The first-order valence-electron chi connectivity index (χ1n) is 8.66. The van der Waals surface area contributed by atoms with Crippen molar-refractivity contribution in [2.75, 3.05) is 21.2 Å². The predicted octanol–water partition coefficient (Wildman–Crippen LogP) is 3.23. The Morgan fingerprint density at radius 1 is 1.04 bits per heavy atom. The molecule has 0 fully saturated rings. The average molecular weight is 377 g/mol. The van der Waals surface area contributed by atoms with Crippen LogP contribution >= 0.6 is 0 Å². The van der Waals surface area contributed by atoms with Gasteiger partial charge in [0.05, 0.1) is 12.0 Å². The van der Waals surface area contributed by atoms with E-state index in [1.54, 1.807) is 19.2 Å². The maximum atomic E-state index is 12.2. The van der Waals surface area contributed by atoms with Gasteiger partial charge in [-0.1, -0.05) is 30.3 Å². The quantitative estimate of drug-likeness (QED) is 0.768. The number of nitrogens with one attached hydrogen (secondary N) is 1. The predicted molar refractivity (Wildman–Crippen MR) is 105 cm³/mol. The molecule has 6 heteroatoms. The van der Waals surface area contributed by atoms with Crippen molar-refractivity contribution in [3.05, 3.63) is 59.7 Å². The highest BCUT2D eigenvalue weighted by atomic mass is 32.2. The fraction of sp³-hybridized carbons (Fsp3) is 0.400. The van der Waals surface area contributed by atoms with E-state index in [1.807, 2.05) is 30.3 Å². The lowest BCUT2D eigenvalue weighted by Gasteiger charge is -2.21. The third kappa shape index (κ3) is 4.84. The van der Waals surface area contributed by atoms with E-state index in [4.69, 9.17) is 4.74 Å². The molecule has 2 aromatic carbocycles. The van der Waals surface area contributed by atoms with Gasteiger partial charge < -0.3 is 10.1 Å². The molecule has 5 nitrogen and oxygen atoms in total. The summed E-state index contributed by atoms with van der Waals surface area (Å²) in [5.74, 6) is 0.895. The third-order valence-corrected chi connectivity index (χ3v) is 6.24. The third-order valence-electron chi connectivity index (χ3n) is 4.41. The molecule has 2 rings (SSSR count). The Labute approximate surface area is 157 Å². The number of ether oxygens (including phenoxy) is 1. The Morgan fingerprint density at radius 2 is 1.65 bits per heavy atom. The van der Waals surface area contributed by atoms with Crippen molar-refractivity contribution in [1.82, 2.24) is 9.62 Å². The van der Waals surface area contributed by atoms with Crippen molar-refractivity contribution in [3.8, 4) is 5.75 Å². The Kier molecular flexibility index (Phi) is 6.81. The SMILES string of the molecule is COc1ccccc1CC(C)NC(C)c1ccc(S(=O)(=O)N(C)C)cc1. The van der Waals surface area contributed by atoms with Gasteiger partial charge in [0.2, 0.25) is 10.0 Å². The molecule has 0 bridgehead atoms. The van der Waals surface area contributed by atoms with Crippen LogP contribution in [-0.2, 0) is 16.4 Å². The van der Waals surface area contributed by atoms with E-state index in [0.717, 1.165) is 23.3 Å². The highest BCUT2D eigenvalue weighted by Crippen LogP contribution is 2.21. The molecule has 0 spiro atoms. The molecule has 142 valence electrons. The lowest BCUT2D eigenvalue weighted by atomic mass is 10.0. The number of hydrogen-bond donors (Lipinski definition) is 1. The van der Waals surface area contributed by atoms with Crippen molar-refractivity contribution in [2.45, 2.75) is 37.2 Å². The molecular weight excluding hydrogens is 348 g/mol. The highest BCUT2D eigenvalue weighted by molar-refractivity contribution is 7.89. The van der Waals surface area contributed by atoms with Crippen LogP contribution in [0.3, 0.4) is 0 Å². The summed E-state index contributed by atoms with van der Waals surface area (Å²) in [5.41, 5.74) is 2.21. The Morgan fingerprint density at radius 3 is 2.23 bits per heavy atom. The first kappa shape index (κ1) is 20.4. The highest BCUT2D eigenvalue weighted by Gasteiger charge is 2.18. The molecule has 2 atom stereocenters. The monoisotopic (exact) mass is 376 g/mol. The number of rotatable bonds is 8. The van der Waals surface area contributed by atoms with Crippen LogP contribution < -0.4 is 10.1 Å². The molecule has 1 N–H and O–H groups in total. The minimum Gasteiger partial charge on any atom is -0.496 e. The van der Waals surface area contributed by atoms with Gasteiger partial charge in [-0.15, -0.1) is 0 Å². The van der Waals surface area contributed by atoms with E-state index in [-0.39, 0.29) is 12.1 Å². The van der Waals surface area contributed by atoms with Crippen LogP contribution in [0, 0.1) is 0 Å². The van der Waals surface area contributed by atoms with Gasteiger partial charge in [-0.05, 0) is 49.6 Å². The number of benzene rings is 2. The normalized spacial score (nSPS) is 14.2. The largest absolute Gasteiger partial charge is 0.496 e. The summed E-state index contributed by atoms with van der Waals surface area (Å²) < 4.78 is 30.9. The zero-order chi connectivity index (χ0) is 19.3. The van der Waals surface area contributed by atoms with Gasteiger partial charge in [-0.25, -0.2) is 12.7 Å². The fourth-order valence-corrected chi connectivity index (χ4v) is 3.82. The van der Waals surface area contributed by atoms with Crippen LogP contribution in [0.1, 0.15) is 31.0 Å². The number of sulfonamides is 1. The number of methoxy groups -OCH3 is 1. The summed E-state index contributed by atoms with van der Waals surface area (Å²) in [4.78, 5) is 0.306. The van der Waals surface area contributed by atoms with E-state index < -0.39 is 10.0 Å². The van der Waals surface area contributed by atoms with E-state index in [2.05, 4.69) is 25.2 Å². The van der Waals surface area contributed by atoms with Gasteiger partial charge in [-0.3, -0.25) is 0 Å². The summed E-state index contributed by atoms with van der Waals surface area (Å²) in [6, 6.07) is 15.4. The second kappa shape index (κ2) is 8.66. The van der Waals surface area contributed by atoms with E-state index in [1.165, 1.54) is 18.4 Å². The Bertz CT molecular complexity index is 817. The summed E-state index contributed by atoms with van der Waals surface area (Å²) >= 11 is 0. The van der Waals surface area contributed by atoms with E-state index >= 15 is 0 Å². The Balaban J connectivity index is 2.04. The fourth-order valence-electron chi connectivity index (χ4n) is 2.92. The van der Waals surface area contributed by atoms with Gasteiger partial charge in [0.25, 0.3) is 0 Å². The molecule has 0 aliphatic heterocycles. The lowest BCUT2D eigenvalue weighted by Crippen LogP contribution is -2.31. The zero-order valence-electron chi connectivity index (χ0n) is 16.1. The summed E-state index contributed by atoms with van der Waals surface area (Å²) in [5, 5.41) is 3.56. The van der Waals surface area contributed by atoms with Crippen LogP contribution in [0.2, 0.25) is 0 Å². The Hall–Kier alpha value is -1.89. The van der Waals surface area contributed by atoms with Crippen LogP contribution in [0.15, 0.2) is 53.4 Å². The second-order valence-electron chi connectivity index (χ2n) is 6.66. The van der Waals surface area contributed by atoms with E-state index in [9.17, 15) is 8.42 Å². The molecular formula is C20H28N2O3S. The molecule has 0 radical (unpaired) electrons. The van der Waals surface area contributed by atoms with Crippen molar-refractivity contribution in [3.63, 3.8) is 0 Å². The van der Waals surface area contributed by atoms with Crippen LogP contribution in [0.4, 0.5) is 0 Å². The van der Waals surface area contributed by atoms with Crippen LogP contribution in [-0.4, -0.2) is 40.0 Å². The molecule has 0 heterocycles. The van der Waals surface area contributed by atoms with Gasteiger partial charge in [0.1, 0.15) is 5.75 Å². The zero-order valence-corrected chi connectivity index (χ0v) is 16.9. The molecule has 2 aromatic rings. The molecule has 26 heavy (non-hydrogen) atoms. The van der Waals surface area contributed by atoms with Crippen molar-refractivity contribution >= 4 is 10.0 Å². The molecule has 0 aliphatic carbocycles. The lowest BCUT2D eigenvalue weighted by molar-refractivity contribution is 0.403. The van der Waals surface area contributed by atoms with Crippen LogP contribution in [0.5, 0.6) is 5.75 Å². The molecule has 0 aliphatic rings. The van der Waals surface area contributed by atoms with Gasteiger partial charge in [0.15, 0.2) is 0 Å². The minimum absolute atomic E-state index is 0.107. The molecule has 2 unspecified atom stereocenters. The smallest absolute Gasteiger partial charge is 0.242 e. The molecule has 0 saturated heterocycles. The van der Waals surface area contributed by atoms with Crippen molar-refractivity contribution in [2.24, 2.45) is 0 Å². The summed E-state index contributed by atoms with van der Waals surface area (Å²) in [6.07, 6.45) is 0.849. The molecule has 0 aromatic heterocycles.